The first-order valence-electron chi connectivity index (χ1n) is 4.55. The number of benzene rings is 1. The third kappa shape index (κ3) is 3.97. The number of thiophene rings is 1. The van der Waals surface area contributed by atoms with Crippen LogP contribution >= 0.6 is 23.1 Å². The van der Waals surface area contributed by atoms with Crippen molar-refractivity contribution in [3.8, 4) is 6.07 Å². The van der Waals surface area contributed by atoms with E-state index in [1.807, 2.05) is 30.3 Å². The minimum atomic E-state index is 0. The van der Waals surface area contributed by atoms with E-state index in [-0.39, 0.29) is 29.6 Å². The van der Waals surface area contributed by atoms with Gasteiger partial charge in [-0.2, -0.15) is 5.26 Å². The summed E-state index contributed by atoms with van der Waals surface area (Å²) in [6.45, 7) is 0. The molecule has 0 saturated heterocycles. The number of hydrogen-bond donors (Lipinski definition) is 0. The molecule has 0 aliphatic heterocycles. The smallest absolute Gasteiger partial charge is 0.110 e. The summed E-state index contributed by atoms with van der Waals surface area (Å²) < 4.78 is 1.20. The molecule has 1 aromatic carbocycles. The number of nitrogens with zero attached hydrogens (tertiary/aromatic N) is 1. The van der Waals surface area contributed by atoms with Gasteiger partial charge in [0.2, 0.25) is 0 Å². The van der Waals surface area contributed by atoms with E-state index in [4.69, 9.17) is 5.26 Å². The van der Waals surface area contributed by atoms with Crippen molar-refractivity contribution in [3.63, 3.8) is 0 Å². The van der Waals surface area contributed by atoms with Crippen LogP contribution in [0.1, 0.15) is 10.4 Å². The molecule has 1 aromatic heterocycles. The molecule has 2 rings (SSSR count). The summed E-state index contributed by atoms with van der Waals surface area (Å²) >= 11 is 3.33. The van der Waals surface area contributed by atoms with E-state index < -0.39 is 0 Å². The molecular formula is C12H9NNaS2. The van der Waals surface area contributed by atoms with Crippen LogP contribution in [0, 0.1) is 11.3 Å². The van der Waals surface area contributed by atoms with Crippen molar-refractivity contribution in [2.75, 3.05) is 0 Å². The Kier molecular flexibility index (Phi) is 6.18. The molecule has 4 heteroatoms. The van der Waals surface area contributed by atoms with E-state index in [1.165, 1.54) is 9.77 Å². The fraction of sp³-hybridized carbons (Fsp3) is 0.0833. The van der Waals surface area contributed by atoms with Crippen molar-refractivity contribution in [1.29, 1.82) is 5.26 Å². The Balaban J connectivity index is 0.00000128. The molecule has 16 heavy (non-hydrogen) atoms. The summed E-state index contributed by atoms with van der Waals surface area (Å²) in [5.41, 5.74) is 1.31. The van der Waals surface area contributed by atoms with Gasteiger partial charge >= 0.3 is 0 Å². The maximum absolute atomic E-state index is 8.69. The fourth-order valence-electron chi connectivity index (χ4n) is 1.19. The van der Waals surface area contributed by atoms with Crippen LogP contribution in [0.25, 0.3) is 0 Å². The summed E-state index contributed by atoms with van der Waals surface area (Å²) in [6.07, 6.45) is 0. The van der Waals surface area contributed by atoms with Gasteiger partial charge in [-0.05, 0) is 17.7 Å². The van der Waals surface area contributed by atoms with Crippen LogP contribution in [-0.4, -0.2) is 29.6 Å². The first kappa shape index (κ1) is 13.8. The van der Waals surface area contributed by atoms with Gasteiger partial charge in [0.1, 0.15) is 10.9 Å². The zero-order valence-corrected chi connectivity index (χ0v) is 12.6. The predicted molar refractivity (Wildman–Crippen MR) is 70.8 cm³/mol. The second-order valence-electron chi connectivity index (χ2n) is 3.00. The van der Waals surface area contributed by atoms with Crippen molar-refractivity contribution in [3.05, 3.63) is 52.9 Å². The van der Waals surface area contributed by atoms with Gasteiger partial charge in [0.05, 0.1) is 4.21 Å². The monoisotopic (exact) mass is 254 g/mol. The van der Waals surface area contributed by atoms with Crippen LogP contribution in [0.3, 0.4) is 0 Å². The molecule has 1 nitrogen and oxygen atoms in total. The molecule has 1 radical (unpaired) electrons. The van der Waals surface area contributed by atoms with Crippen LogP contribution in [0.15, 0.2) is 46.7 Å². The van der Waals surface area contributed by atoms with Crippen LogP contribution in [-0.2, 0) is 5.75 Å². The number of nitriles is 1. The number of thioether (sulfide) groups is 1. The Hall–Kier alpha value is -0.240. The molecule has 0 atom stereocenters. The van der Waals surface area contributed by atoms with Crippen molar-refractivity contribution in [2.45, 2.75) is 9.96 Å². The van der Waals surface area contributed by atoms with Gasteiger partial charge in [0.25, 0.3) is 0 Å². The van der Waals surface area contributed by atoms with Gasteiger partial charge in [-0.15, -0.1) is 23.1 Å². The van der Waals surface area contributed by atoms with E-state index in [0.717, 1.165) is 10.6 Å². The van der Waals surface area contributed by atoms with Crippen LogP contribution in [0.4, 0.5) is 0 Å². The molecule has 0 unspecified atom stereocenters. The normalized spacial score (nSPS) is 9.19. The molecular weight excluding hydrogens is 245 g/mol. The summed E-state index contributed by atoms with van der Waals surface area (Å²) in [4.78, 5) is 0.783. The Morgan fingerprint density at radius 3 is 2.50 bits per heavy atom. The van der Waals surface area contributed by atoms with Gasteiger partial charge in [0, 0.05) is 35.3 Å². The van der Waals surface area contributed by atoms with Gasteiger partial charge in [-0.25, -0.2) is 0 Å². The van der Waals surface area contributed by atoms with Gasteiger partial charge in [-0.1, -0.05) is 30.3 Å². The van der Waals surface area contributed by atoms with Crippen LogP contribution in [0.2, 0.25) is 0 Å². The molecule has 0 spiro atoms. The average Bonchev–Trinajstić information content (AvgIpc) is 2.76. The van der Waals surface area contributed by atoms with Gasteiger partial charge < -0.3 is 0 Å². The first-order chi connectivity index (χ1) is 7.38. The Labute approximate surface area is 126 Å². The molecule has 0 bridgehead atoms. The van der Waals surface area contributed by atoms with Crippen molar-refractivity contribution < 1.29 is 0 Å². The van der Waals surface area contributed by atoms with Gasteiger partial charge in [-0.3, -0.25) is 0 Å². The van der Waals surface area contributed by atoms with Crippen LogP contribution in [0.5, 0.6) is 0 Å². The molecule has 0 saturated carbocycles. The Bertz CT molecular complexity index is 473. The maximum Gasteiger partial charge on any atom is 0.110 e. The average molecular weight is 254 g/mol. The Morgan fingerprint density at radius 1 is 1.12 bits per heavy atom. The Morgan fingerprint density at radius 2 is 1.88 bits per heavy atom. The molecule has 75 valence electrons. The molecule has 0 N–H and O–H groups in total. The standard InChI is InChI=1S/C12H9NS2.Na/c13-8-11-6-7-12(15-11)14-9-10-4-2-1-3-5-10;/h1-7H,9H2;. The molecule has 0 fully saturated rings. The fourth-order valence-corrected chi connectivity index (χ4v) is 3.07. The quantitative estimate of drug-likeness (QED) is 0.618. The second kappa shape index (κ2) is 7.16. The SMILES string of the molecule is N#Cc1ccc(SCc2ccccc2)s1.[Na]. The minimum absolute atomic E-state index is 0. The third-order valence-electron chi connectivity index (χ3n) is 1.92. The van der Waals surface area contributed by atoms with E-state index in [2.05, 4.69) is 18.2 Å². The van der Waals surface area contributed by atoms with E-state index in [0.29, 0.717) is 0 Å². The van der Waals surface area contributed by atoms with Gasteiger partial charge in [0.15, 0.2) is 0 Å². The van der Waals surface area contributed by atoms with E-state index in [9.17, 15) is 0 Å². The number of hydrogen-bond acceptors (Lipinski definition) is 3. The zero-order valence-electron chi connectivity index (χ0n) is 9.01. The summed E-state index contributed by atoms with van der Waals surface area (Å²) in [6, 6.07) is 16.4. The summed E-state index contributed by atoms with van der Waals surface area (Å²) in [7, 11) is 0. The molecule has 1 heterocycles. The largest absolute Gasteiger partial charge is 0.192 e. The molecule has 0 amide bonds. The summed E-state index contributed by atoms with van der Waals surface area (Å²) in [5.74, 6) is 0.965. The topological polar surface area (TPSA) is 23.8 Å². The second-order valence-corrected chi connectivity index (χ2v) is 5.36. The molecule has 0 aliphatic rings. The minimum Gasteiger partial charge on any atom is -0.192 e. The van der Waals surface area contributed by atoms with E-state index in [1.54, 1.807) is 23.1 Å². The van der Waals surface area contributed by atoms with Crippen molar-refractivity contribution in [1.82, 2.24) is 0 Å². The van der Waals surface area contributed by atoms with E-state index >= 15 is 0 Å². The number of rotatable bonds is 3. The first-order valence-corrected chi connectivity index (χ1v) is 6.35. The molecule has 2 aromatic rings. The van der Waals surface area contributed by atoms with Crippen LogP contribution < -0.4 is 0 Å². The summed E-state index contributed by atoms with van der Waals surface area (Å²) in [5, 5.41) is 8.69. The third-order valence-corrected chi connectivity index (χ3v) is 4.20. The molecule has 0 aliphatic carbocycles. The van der Waals surface area contributed by atoms with Crippen molar-refractivity contribution >= 4 is 52.7 Å². The maximum atomic E-state index is 8.69. The van der Waals surface area contributed by atoms with Crippen molar-refractivity contribution in [2.24, 2.45) is 0 Å². The zero-order chi connectivity index (χ0) is 10.5. The predicted octanol–water partition coefficient (Wildman–Crippen LogP) is 3.53.